The maximum absolute atomic E-state index is 13.9. The molecule has 1 aromatic heterocycles. The van der Waals surface area contributed by atoms with Gasteiger partial charge in [-0.2, -0.15) is 26.3 Å². The lowest BCUT2D eigenvalue weighted by atomic mass is 9.74. The van der Waals surface area contributed by atoms with Gasteiger partial charge in [0.25, 0.3) is 0 Å². The van der Waals surface area contributed by atoms with Crippen molar-refractivity contribution in [3.05, 3.63) is 46.9 Å². The zero-order valence-electron chi connectivity index (χ0n) is 18.6. The smallest absolute Gasteiger partial charge is 0.407 e. The predicted octanol–water partition coefficient (Wildman–Crippen LogP) is 5.00. The topological polar surface area (TPSA) is 57.7 Å². The van der Waals surface area contributed by atoms with E-state index in [0.717, 1.165) is 17.0 Å². The number of pyridine rings is 1. The molecule has 0 radical (unpaired) electrons. The summed E-state index contributed by atoms with van der Waals surface area (Å²) < 4.78 is 101. The number of carbonyl (C=O) groups excluding carboxylic acids is 1. The van der Waals surface area contributed by atoms with Crippen molar-refractivity contribution < 1.29 is 40.3 Å². The maximum atomic E-state index is 13.9. The van der Waals surface area contributed by atoms with Gasteiger partial charge in [0.05, 0.1) is 16.9 Å². The number of nitrogens with one attached hydrogen (secondary N) is 1. The number of alkyl halides is 6. The molecule has 2 aliphatic rings. The average Bonchev–Trinajstić information content (AvgIpc) is 2.68. The number of hydrogen-bond acceptors (Lipinski definition) is 5. The number of rotatable bonds is 4. The van der Waals surface area contributed by atoms with Crippen molar-refractivity contribution in [2.24, 2.45) is 5.41 Å². The van der Waals surface area contributed by atoms with Crippen molar-refractivity contribution in [3.63, 3.8) is 0 Å². The van der Waals surface area contributed by atoms with Gasteiger partial charge in [-0.25, -0.2) is 14.2 Å². The van der Waals surface area contributed by atoms with Crippen LogP contribution in [-0.2, 0) is 12.4 Å². The first-order valence-electron chi connectivity index (χ1n) is 10.6. The highest BCUT2D eigenvalue weighted by atomic mass is 19.4. The van der Waals surface area contributed by atoms with Gasteiger partial charge in [0.2, 0.25) is 0 Å². The summed E-state index contributed by atoms with van der Waals surface area (Å²) in [4.78, 5) is 19.0. The zero-order valence-corrected chi connectivity index (χ0v) is 18.6. The Morgan fingerprint density at radius 1 is 1.14 bits per heavy atom. The van der Waals surface area contributed by atoms with E-state index in [9.17, 15) is 35.5 Å². The molecule has 1 spiro atoms. The normalized spacial score (nSPS) is 17.1. The fraction of sp³-hybridized carbons (Fsp3) is 0.455. The fourth-order valence-corrected chi connectivity index (χ4v) is 4.17. The van der Waals surface area contributed by atoms with Crippen molar-refractivity contribution in [3.8, 4) is 5.75 Å². The Labute approximate surface area is 195 Å². The number of ether oxygens (including phenoxy) is 1. The Kier molecular flexibility index (Phi) is 6.10. The maximum Gasteiger partial charge on any atom is 0.421 e. The highest BCUT2D eigenvalue weighted by Crippen LogP contribution is 2.49. The van der Waals surface area contributed by atoms with Crippen LogP contribution in [0.25, 0.3) is 0 Å². The van der Waals surface area contributed by atoms with Crippen LogP contribution in [0.1, 0.15) is 23.7 Å². The largest absolute Gasteiger partial charge is 0.421 e. The minimum atomic E-state index is -5.24. The summed E-state index contributed by atoms with van der Waals surface area (Å²) in [6.07, 6.45) is -11.6. The molecule has 3 heterocycles. The number of amides is 1. The lowest BCUT2D eigenvalue weighted by Gasteiger charge is -2.57. The lowest BCUT2D eigenvalue weighted by Crippen LogP contribution is -2.71. The molecule has 35 heavy (non-hydrogen) atoms. The molecule has 2 fully saturated rings. The van der Waals surface area contributed by atoms with Gasteiger partial charge >= 0.3 is 18.4 Å². The first-order valence-corrected chi connectivity index (χ1v) is 10.6. The van der Waals surface area contributed by atoms with Crippen LogP contribution in [0.5, 0.6) is 5.75 Å². The summed E-state index contributed by atoms with van der Waals surface area (Å²) in [6, 6.07) is 2.68. The molecule has 0 unspecified atom stereocenters. The summed E-state index contributed by atoms with van der Waals surface area (Å²) in [7, 11) is 0. The van der Waals surface area contributed by atoms with Gasteiger partial charge in [0.15, 0.2) is 5.75 Å². The first-order chi connectivity index (χ1) is 16.2. The Bertz CT molecular complexity index is 1140. The molecule has 0 aliphatic carbocycles. The van der Waals surface area contributed by atoms with Gasteiger partial charge in [-0.3, -0.25) is 4.90 Å². The second-order valence-corrected chi connectivity index (χ2v) is 8.68. The Morgan fingerprint density at radius 3 is 2.29 bits per heavy atom. The average molecular weight is 506 g/mol. The standard InChI is InChI=1S/C22H21F7N4O2/c1-3-33(17-5-4-15(23)12(2)31-17)19(34)35-18-14(22(27,28)29)6-13(21(24,25)26)7-16(18)32-10-20(11-32)8-30-9-20/h4-7,30H,3,8-11H2,1-2H3. The summed E-state index contributed by atoms with van der Waals surface area (Å²) >= 11 is 0. The quantitative estimate of drug-likeness (QED) is 0.592. The van der Waals surface area contributed by atoms with E-state index in [1.54, 1.807) is 0 Å². The third-order valence-corrected chi connectivity index (χ3v) is 6.10. The number of benzene rings is 1. The molecule has 6 nitrogen and oxygen atoms in total. The van der Waals surface area contributed by atoms with E-state index >= 15 is 0 Å². The minimum Gasteiger partial charge on any atom is -0.407 e. The molecule has 2 saturated heterocycles. The second kappa shape index (κ2) is 8.54. The van der Waals surface area contributed by atoms with Gasteiger partial charge in [0, 0.05) is 38.1 Å². The van der Waals surface area contributed by atoms with Crippen LogP contribution in [0.2, 0.25) is 0 Å². The van der Waals surface area contributed by atoms with Gasteiger partial charge in [-0.15, -0.1) is 0 Å². The van der Waals surface area contributed by atoms with Crippen molar-refractivity contribution in [2.45, 2.75) is 26.2 Å². The molecular weight excluding hydrogens is 485 g/mol. The highest BCUT2D eigenvalue weighted by molar-refractivity contribution is 5.89. The molecule has 1 aromatic carbocycles. The van der Waals surface area contributed by atoms with Crippen LogP contribution in [0.3, 0.4) is 0 Å². The second-order valence-electron chi connectivity index (χ2n) is 8.68. The monoisotopic (exact) mass is 506 g/mol. The highest BCUT2D eigenvalue weighted by Gasteiger charge is 2.50. The molecule has 0 atom stereocenters. The van der Waals surface area contributed by atoms with Crippen molar-refractivity contribution in [1.82, 2.24) is 10.3 Å². The number of aromatic nitrogens is 1. The molecule has 1 amide bonds. The molecule has 2 aliphatic heterocycles. The van der Waals surface area contributed by atoms with E-state index in [0.29, 0.717) is 19.2 Å². The molecule has 13 heteroatoms. The Balaban J connectivity index is 1.76. The minimum absolute atomic E-state index is 0.0556. The molecule has 190 valence electrons. The summed E-state index contributed by atoms with van der Waals surface area (Å²) in [5.41, 5.74) is -3.99. The lowest BCUT2D eigenvalue weighted by molar-refractivity contribution is -0.143. The van der Waals surface area contributed by atoms with E-state index in [4.69, 9.17) is 4.74 Å². The number of aryl methyl sites for hydroxylation is 1. The molecule has 1 N–H and O–H groups in total. The molecule has 0 bridgehead atoms. The zero-order chi connectivity index (χ0) is 25.8. The third kappa shape index (κ3) is 4.73. The van der Waals surface area contributed by atoms with E-state index in [1.165, 1.54) is 18.7 Å². The molecular formula is C22H21F7N4O2. The SMILES string of the molecule is CCN(C(=O)Oc1c(N2CC3(CNC3)C2)cc(C(F)(F)F)cc1C(F)(F)F)c1ccc(F)c(C)n1. The van der Waals surface area contributed by atoms with Crippen molar-refractivity contribution in [2.75, 3.05) is 42.5 Å². The number of anilines is 2. The number of halogens is 7. The molecule has 0 saturated carbocycles. The summed E-state index contributed by atoms with van der Waals surface area (Å²) in [5, 5.41) is 3.03. The third-order valence-electron chi connectivity index (χ3n) is 6.10. The van der Waals surface area contributed by atoms with E-state index < -0.39 is 46.8 Å². The van der Waals surface area contributed by atoms with E-state index in [-0.39, 0.29) is 42.6 Å². The van der Waals surface area contributed by atoms with Gasteiger partial charge in [-0.05, 0) is 38.1 Å². The first kappa shape index (κ1) is 25.0. The predicted molar refractivity (Wildman–Crippen MR) is 112 cm³/mol. The van der Waals surface area contributed by atoms with Crippen LogP contribution in [0.15, 0.2) is 24.3 Å². The molecule has 2 aromatic rings. The van der Waals surface area contributed by atoms with Crippen molar-refractivity contribution >= 4 is 17.6 Å². The van der Waals surface area contributed by atoms with Gasteiger partial charge < -0.3 is 15.0 Å². The van der Waals surface area contributed by atoms with Crippen LogP contribution in [0.4, 0.5) is 47.0 Å². The number of carbonyl (C=O) groups is 1. The van der Waals surface area contributed by atoms with Crippen LogP contribution < -0.4 is 19.9 Å². The van der Waals surface area contributed by atoms with Crippen LogP contribution >= 0.6 is 0 Å². The Hall–Kier alpha value is -3.09. The van der Waals surface area contributed by atoms with Crippen LogP contribution in [-0.4, -0.2) is 43.8 Å². The number of nitrogens with zero attached hydrogens (tertiary/aromatic N) is 3. The fourth-order valence-electron chi connectivity index (χ4n) is 4.17. The summed E-state index contributed by atoms with van der Waals surface area (Å²) in [5.74, 6) is -1.75. The van der Waals surface area contributed by atoms with Gasteiger partial charge in [-0.1, -0.05) is 0 Å². The van der Waals surface area contributed by atoms with Crippen LogP contribution in [0, 0.1) is 18.2 Å². The summed E-state index contributed by atoms with van der Waals surface area (Å²) in [6.45, 7) is 4.31. The number of hydrogen-bond donors (Lipinski definition) is 1. The van der Waals surface area contributed by atoms with Gasteiger partial charge in [0.1, 0.15) is 17.2 Å². The van der Waals surface area contributed by atoms with Crippen molar-refractivity contribution in [1.29, 1.82) is 0 Å². The molecule has 4 rings (SSSR count). The Morgan fingerprint density at radius 2 is 1.80 bits per heavy atom. The van der Waals surface area contributed by atoms with E-state index in [1.807, 2.05) is 0 Å². The van der Waals surface area contributed by atoms with E-state index in [2.05, 4.69) is 10.3 Å².